The number of rotatable bonds is 7. The first-order valence-electron chi connectivity index (χ1n) is 6.36. The van der Waals surface area contributed by atoms with Gasteiger partial charge in [-0.25, -0.2) is 0 Å². The van der Waals surface area contributed by atoms with E-state index >= 15 is 0 Å². The van der Waals surface area contributed by atoms with Gasteiger partial charge in [0.25, 0.3) is 5.91 Å². The highest BCUT2D eigenvalue weighted by Crippen LogP contribution is 2.25. The van der Waals surface area contributed by atoms with Gasteiger partial charge in [0.15, 0.2) is 6.61 Å². The fraction of sp³-hybridized carbons (Fsp3) is 0.500. The molecule has 1 aromatic carbocycles. The average molecular weight is 266 g/mol. The van der Waals surface area contributed by atoms with Gasteiger partial charge in [-0.1, -0.05) is 6.92 Å². The zero-order chi connectivity index (χ0) is 14.3. The largest absolute Gasteiger partial charge is 0.497 e. The van der Waals surface area contributed by atoms with Crippen LogP contribution < -0.4 is 20.5 Å². The molecule has 1 aromatic rings. The number of methoxy groups -OCH3 is 1. The Kier molecular flexibility index (Phi) is 6.15. The Hall–Kier alpha value is -1.75. The van der Waals surface area contributed by atoms with E-state index in [1.807, 2.05) is 13.0 Å². The van der Waals surface area contributed by atoms with Crippen molar-refractivity contribution in [1.82, 2.24) is 5.32 Å². The molecular weight excluding hydrogens is 244 g/mol. The second-order valence-electron chi connectivity index (χ2n) is 4.31. The van der Waals surface area contributed by atoms with Crippen LogP contribution in [0.1, 0.15) is 18.9 Å². The van der Waals surface area contributed by atoms with Gasteiger partial charge in [-0.3, -0.25) is 4.79 Å². The van der Waals surface area contributed by atoms with Crippen molar-refractivity contribution < 1.29 is 14.3 Å². The Morgan fingerprint density at radius 2 is 2.21 bits per heavy atom. The molecule has 0 aliphatic carbocycles. The number of benzene rings is 1. The molecule has 3 N–H and O–H groups in total. The van der Waals surface area contributed by atoms with Crippen molar-refractivity contribution in [2.45, 2.75) is 25.8 Å². The number of ether oxygens (including phenoxy) is 2. The van der Waals surface area contributed by atoms with Crippen molar-refractivity contribution >= 4 is 5.91 Å². The zero-order valence-electron chi connectivity index (χ0n) is 11.7. The van der Waals surface area contributed by atoms with E-state index in [4.69, 9.17) is 15.2 Å². The number of hydrogen-bond acceptors (Lipinski definition) is 4. The summed E-state index contributed by atoms with van der Waals surface area (Å²) in [6, 6.07) is 5.57. The predicted octanol–water partition coefficient (Wildman–Crippen LogP) is 1.10. The van der Waals surface area contributed by atoms with Gasteiger partial charge in [0.05, 0.1) is 7.11 Å². The van der Waals surface area contributed by atoms with E-state index in [2.05, 4.69) is 5.32 Å². The van der Waals surface area contributed by atoms with Gasteiger partial charge < -0.3 is 20.5 Å². The Labute approximate surface area is 114 Å². The minimum absolute atomic E-state index is 0.00279. The minimum Gasteiger partial charge on any atom is -0.497 e. The molecule has 0 bridgehead atoms. The van der Waals surface area contributed by atoms with Gasteiger partial charge in [-0.05, 0) is 36.6 Å². The standard InChI is InChI=1S/C14H22N2O3/c1-4-11(15)7-10-8-12(18-3)5-6-13(10)19-9-14(17)16-2/h5-6,8,11H,4,7,9,15H2,1-3H3,(H,16,17). The van der Waals surface area contributed by atoms with Gasteiger partial charge in [0.1, 0.15) is 11.5 Å². The molecule has 0 fully saturated rings. The first-order chi connectivity index (χ1) is 9.10. The molecule has 1 rings (SSSR count). The number of likely N-dealkylation sites (N-methyl/N-ethyl adjacent to an activating group) is 1. The molecule has 0 aliphatic rings. The first kappa shape index (κ1) is 15.3. The summed E-state index contributed by atoms with van der Waals surface area (Å²) in [5.74, 6) is 1.26. The number of hydrogen-bond donors (Lipinski definition) is 2. The molecule has 0 saturated carbocycles. The highest BCUT2D eigenvalue weighted by atomic mass is 16.5. The molecule has 106 valence electrons. The normalized spacial score (nSPS) is 11.8. The van der Waals surface area contributed by atoms with Crippen LogP contribution in [0.3, 0.4) is 0 Å². The van der Waals surface area contributed by atoms with E-state index in [-0.39, 0.29) is 18.6 Å². The van der Waals surface area contributed by atoms with Crippen LogP contribution in [0.25, 0.3) is 0 Å². The molecule has 19 heavy (non-hydrogen) atoms. The molecule has 1 amide bonds. The van der Waals surface area contributed by atoms with Crippen LogP contribution in [0.2, 0.25) is 0 Å². The Bertz CT molecular complexity index is 421. The summed E-state index contributed by atoms with van der Waals surface area (Å²) in [7, 11) is 3.19. The van der Waals surface area contributed by atoms with Crippen LogP contribution in [-0.4, -0.2) is 32.7 Å². The lowest BCUT2D eigenvalue weighted by molar-refractivity contribution is -0.122. The van der Waals surface area contributed by atoms with Crippen LogP contribution in [0.5, 0.6) is 11.5 Å². The zero-order valence-corrected chi connectivity index (χ0v) is 11.7. The third-order valence-electron chi connectivity index (χ3n) is 2.91. The van der Waals surface area contributed by atoms with Gasteiger partial charge in [-0.15, -0.1) is 0 Å². The molecule has 0 heterocycles. The lowest BCUT2D eigenvalue weighted by Crippen LogP contribution is -2.26. The van der Waals surface area contributed by atoms with Gasteiger partial charge >= 0.3 is 0 Å². The van der Waals surface area contributed by atoms with Crippen molar-refractivity contribution in [3.63, 3.8) is 0 Å². The third kappa shape index (κ3) is 4.79. The second-order valence-corrected chi connectivity index (χ2v) is 4.31. The summed E-state index contributed by atoms with van der Waals surface area (Å²) in [6.45, 7) is 2.03. The second kappa shape index (κ2) is 7.63. The van der Waals surface area contributed by atoms with Gasteiger partial charge in [-0.2, -0.15) is 0 Å². The molecule has 0 aromatic heterocycles. The van der Waals surface area contributed by atoms with Crippen molar-refractivity contribution in [3.05, 3.63) is 23.8 Å². The fourth-order valence-corrected chi connectivity index (χ4v) is 1.63. The Morgan fingerprint density at radius 1 is 1.47 bits per heavy atom. The summed E-state index contributed by atoms with van der Waals surface area (Å²) in [5.41, 5.74) is 6.93. The molecule has 0 radical (unpaired) electrons. The molecule has 0 saturated heterocycles. The average Bonchev–Trinajstić information content (AvgIpc) is 2.45. The van der Waals surface area contributed by atoms with Crippen LogP contribution >= 0.6 is 0 Å². The minimum atomic E-state index is -0.165. The van der Waals surface area contributed by atoms with Gasteiger partial charge in [0, 0.05) is 13.1 Å². The highest BCUT2D eigenvalue weighted by molar-refractivity contribution is 5.77. The maximum Gasteiger partial charge on any atom is 0.257 e. The number of carbonyl (C=O) groups is 1. The SMILES string of the molecule is CCC(N)Cc1cc(OC)ccc1OCC(=O)NC. The molecule has 5 nitrogen and oxygen atoms in total. The number of carbonyl (C=O) groups excluding carboxylic acids is 1. The van der Waals surface area contributed by atoms with E-state index in [0.29, 0.717) is 12.2 Å². The summed E-state index contributed by atoms with van der Waals surface area (Å²) < 4.78 is 10.7. The van der Waals surface area contributed by atoms with Gasteiger partial charge in [0.2, 0.25) is 0 Å². The van der Waals surface area contributed by atoms with E-state index in [0.717, 1.165) is 17.7 Å². The predicted molar refractivity (Wildman–Crippen MR) is 74.5 cm³/mol. The van der Waals surface area contributed by atoms with Crippen LogP contribution in [0, 0.1) is 0 Å². The number of amides is 1. The molecular formula is C14H22N2O3. The van der Waals surface area contributed by atoms with Crippen molar-refractivity contribution in [1.29, 1.82) is 0 Å². The fourth-order valence-electron chi connectivity index (χ4n) is 1.63. The lowest BCUT2D eigenvalue weighted by Gasteiger charge is -2.15. The first-order valence-corrected chi connectivity index (χ1v) is 6.36. The maximum atomic E-state index is 11.2. The molecule has 5 heteroatoms. The highest BCUT2D eigenvalue weighted by Gasteiger charge is 2.11. The Morgan fingerprint density at radius 3 is 2.79 bits per heavy atom. The van der Waals surface area contributed by atoms with Crippen LogP contribution in [-0.2, 0) is 11.2 Å². The van der Waals surface area contributed by atoms with Crippen molar-refractivity contribution in [3.8, 4) is 11.5 Å². The van der Waals surface area contributed by atoms with E-state index < -0.39 is 0 Å². The summed E-state index contributed by atoms with van der Waals surface area (Å²) in [4.78, 5) is 11.2. The summed E-state index contributed by atoms with van der Waals surface area (Å²) >= 11 is 0. The van der Waals surface area contributed by atoms with Crippen molar-refractivity contribution in [2.75, 3.05) is 20.8 Å². The van der Waals surface area contributed by atoms with E-state index in [1.165, 1.54) is 0 Å². The topological polar surface area (TPSA) is 73.6 Å². The van der Waals surface area contributed by atoms with E-state index in [9.17, 15) is 4.79 Å². The van der Waals surface area contributed by atoms with E-state index in [1.54, 1.807) is 26.3 Å². The molecule has 0 aliphatic heterocycles. The molecule has 0 spiro atoms. The van der Waals surface area contributed by atoms with Crippen LogP contribution in [0.15, 0.2) is 18.2 Å². The number of nitrogens with one attached hydrogen (secondary N) is 1. The maximum absolute atomic E-state index is 11.2. The lowest BCUT2D eigenvalue weighted by atomic mass is 10.0. The monoisotopic (exact) mass is 266 g/mol. The molecule has 1 unspecified atom stereocenters. The summed E-state index contributed by atoms with van der Waals surface area (Å²) in [6.07, 6.45) is 1.57. The Balaban J connectivity index is 2.85. The van der Waals surface area contributed by atoms with Crippen LogP contribution in [0.4, 0.5) is 0 Å². The summed E-state index contributed by atoms with van der Waals surface area (Å²) in [5, 5.41) is 2.52. The molecule has 1 atom stereocenters. The quantitative estimate of drug-likeness (QED) is 0.775. The van der Waals surface area contributed by atoms with Crippen molar-refractivity contribution in [2.24, 2.45) is 5.73 Å². The smallest absolute Gasteiger partial charge is 0.257 e. The third-order valence-corrected chi connectivity index (χ3v) is 2.91. The number of nitrogens with two attached hydrogens (primary N) is 1.